The van der Waals surface area contributed by atoms with Gasteiger partial charge in [-0.3, -0.25) is 4.68 Å². The number of nitrogens with zero attached hydrogens (tertiary/aromatic N) is 2. The summed E-state index contributed by atoms with van der Waals surface area (Å²) < 4.78 is 21.1. The Morgan fingerprint density at radius 3 is 2.84 bits per heavy atom. The van der Waals surface area contributed by atoms with Crippen molar-refractivity contribution in [1.29, 1.82) is 0 Å². The van der Waals surface area contributed by atoms with Crippen LogP contribution in [-0.2, 0) is 20.1 Å². The number of halogens is 3. The SMILES string of the molecule is CCc1nn(C)c(COc2cc(F)ccc2Br)c1Cl. The summed E-state index contributed by atoms with van der Waals surface area (Å²) in [6.45, 7) is 2.23. The molecule has 0 amide bonds. The van der Waals surface area contributed by atoms with Crippen LogP contribution in [0.25, 0.3) is 0 Å². The van der Waals surface area contributed by atoms with Crippen molar-refractivity contribution in [2.75, 3.05) is 0 Å². The van der Waals surface area contributed by atoms with Gasteiger partial charge in [-0.25, -0.2) is 4.39 Å². The standard InChI is InChI=1S/C13H13BrClFN2O/c1-3-10-13(15)11(18(2)17-10)7-19-12-6-8(16)4-5-9(12)14/h4-6H,3,7H2,1-2H3. The molecule has 2 aromatic rings. The number of hydrogen-bond donors (Lipinski definition) is 0. The van der Waals surface area contributed by atoms with Gasteiger partial charge >= 0.3 is 0 Å². The van der Waals surface area contributed by atoms with Gasteiger partial charge in [0.15, 0.2) is 0 Å². The summed E-state index contributed by atoms with van der Waals surface area (Å²) >= 11 is 9.53. The molecule has 0 saturated heterocycles. The third-order valence-corrected chi connectivity index (χ3v) is 3.85. The molecule has 0 N–H and O–H groups in total. The molecule has 0 unspecified atom stereocenters. The molecule has 0 atom stereocenters. The van der Waals surface area contributed by atoms with Crippen molar-refractivity contribution in [3.63, 3.8) is 0 Å². The molecule has 0 aliphatic heterocycles. The molecule has 1 heterocycles. The van der Waals surface area contributed by atoms with E-state index in [0.29, 0.717) is 15.2 Å². The highest BCUT2D eigenvalue weighted by Crippen LogP contribution is 2.28. The van der Waals surface area contributed by atoms with Gasteiger partial charge in [0.1, 0.15) is 18.2 Å². The molecule has 0 spiro atoms. The van der Waals surface area contributed by atoms with E-state index in [2.05, 4.69) is 21.0 Å². The molecule has 0 bridgehead atoms. The van der Waals surface area contributed by atoms with E-state index in [1.54, 1.807) is 10.7 Å². The summed E-state index contributed by atoms with van der Waals surface area (Å²) in [6.07, 6.45) is 0.760. The Morgan fingerprint density at radius 2 is 2.21 bits per heavy atom. The zero-order chi connectivity index (χ0) is 14.0. The summed E-state index contributed by atoms with van der Waals surface area (Å²) in [5.74, 6) is 0.0962. The van der Waals surface area contributed by atoms with Crippen LogP contribution in [0, 0.1) is 5.82 Å². The maximum absolute atomic E-state index is 13.1. The molecule has 19 heavy (non-hydrogen) atoms. The molecule has 1 aromatic heterocycles. The van der Waals surface area contributed by atoms with E-state index in [9.17, 15) is 4.39 Å². The summed E-state index contributed by atoms with van der Waals surface area (Å²) in [6, 6.07) is 4.30. The van der Waals surface area contributed by atoms with Gasteiger partial charge in [-0.15, -0.1) is 0 Å². The van der Waals surface area contributed by atoms with E-state index < -0.39 is 0 Å². The third kappa shape index (κ3) is 3.09. The average molecular weight is 348 g/mol. The molecule has 3 nitrogen and oxygen atoms in total. The number of aromatic nitrogens is 2. The number of ether oxygens (including phenoxy) is 1. The Hall–Kier alpha value is -1.07. The summed E-state index contributed by atoms with van der Waals surface area (Å²) in [5, 5.41) is 4.91. The van der Waals surface area contributed by atoms with Crippen LogP contribution in [0.2, 0.25) is 5.02 Å². The number of hydrogen-bond acceptors (Lipinski definition) is 2. The van der Waals surface area contributed by atoms with Crippen molar-refractivity contribution in [3.05, 3.63) is 44.9 Å². The predicted octanol–water partition coefficient (Wildman–Crippen LogP) is 4.12. The average Bonchev–Trinajstić information content (AvgIpc) is 2.66. The molecular weight excluding hydrogens is 335 g/mol. The summed E-state index contributed by atoms with van der Waals surface area (Å²) in [7, 11) is 1.81. The van der Waals surface area contributed by atoms with E-state index in [4.69, 9.17) is 16.3 Å². The van der Waals surface area contributed by atoms with Crippen LogP contribution in [0.4, 0.5) is 4.39 Å². The second-order valence-electron chi connectivity index (χ2n) is 4.05. The van der Waals surface area contributed by atoms with E-state index in [0.717, 1.165) is 17.8 Å². The van der Waals surface area contributed by atoms with Gasteiger partial charge in [-0.05, 0) is 34.5 Å². The minimum atomic E-state index is -0.344. The van der Waals surface area contributed by atoms with Crippen LogP contribution in [0.15, 0.2) is 22.7 Å². The molecule has 0 saturated carbocycles. The smallest absolute Gasteiger partial charge is 0.136 e. The fraction of sp³-hybridized carbons (Fsp3) is 0.308. The molecule has 0 aliphatic rings. The first-order valence-electron chi connectivity index (χ1n) is 5.81. The predicted molar refractivity (Wildman–Crippen MR) is 76.0 cm³/mol. The van der Waals surface area contributed by atoms with Crippen LogP contribution in [0.1, 0.15) is 18.3 Å². The van der Waals surface area contributed by atoms with Gasteiger partial charge in [0.05, 0.1) is 20.9 Å². The third-order valence-electron chi connectivity index (χ3n) is 2.76. The maximum atomic E-state index is 13.1. The Balaban J connectivity index is 2.19. The van der Waals surface area contributed by atoms with Gasteiger partial charge in [-0.2, -0.15) is 5.10 Å². The van der Waals surface area contributed by atoms with Gasteiger partial charge in [-0.1, -0.05) is 18.5 Å². The summed E-state index contributed by atoms with van der Waals surface area (Å²) in [5.41, 5.74) is 1.61. The van der Waals surface area contributed by atoms with Gasteiger partial charge < -0.3 is 4.74 Å². The minimum Gasteiger partial charge on any atom is -0.486 e. The molecule has 6 heteroatoms. The molecule has 0 fully saturated rings. The fourth-order valence-corrected chi connectivity index (χ4v) is 2.42. The van der Waals surface area contributed by atoms with Gasteiger partial charge in [0.25, 0.3) is 0 Å². The highest BCUT2D eigenvalue weighted by molar-refractivity contribution is 9.10. The maximum Gasteiger partial charge on any atom is 0.136 e. The van der Waals surface area contributed by atoms with Crippen LogP contribution < -0.4 is 4.74 Å². The number of benzene rings is 1. The van der Waals surface area contributed by atoms with Crippen LogP contribution in [0.5, 0.6) is 5.75 Å². The second kappa shape index (κ2) is 5.92. The Morgan fingerprint density at radius 1 is 1.47 bits per heavy atom. The quantitative estimate of drug-likeness (QED) is 0.832. The van der Waals surface area contributed by atoms with E-state index in [1.165, 1.54) is 12.1 Å². The normalized spacial score (nSPS) is 10.8. The molecule has 2 rings (SSSR count). The van der Waals surface area contributed by atoms with E-state index >= 15 is 0 Å². The highest BCUT2D eigenvalue weighted by Gasteiger charge is 2.14. The largest absolute Gasteiger partial charge is 0.486 e. The molecule has 0 aliphatic carbocycles. The number of rotatable bonds is 4. The fourth-order valence-electron chi connectivity index (χ4n) is 1.71. The van der Waals surface area contributed by atoms with Crippen molar-refractivity contribution in [2.45, 2.75) is 20.0 Å². The molecule has 102 valence electrons. The van der Waals surface area contributed by atoms with E-state index in [1.807, 2.05) is 14.0 Å². The van der Waals surface area contributed by atoms with Gasteiger partial charge in [0, 0.05) is 13.1 Å². The van der Waals surface area contributed by atoms with Crippen molar-refractivity contribution >= 4 is 27.5 Å². The number of aryl methyl sites for hydroxylation is 2. The lowest BCUT2D eigenvalue weighted by Crippen LogP contribution is -2.04. The lowest BCUT2D eigenvalue weighted by atomic mass is 10.3. The Labute approximate surface area is 124 Å². The Bertz CT molecular complexity index is 601. The molecule has 1 aromatic carbocycles. The summed E-state index contributed by atoms with van der Waals surface area (Å²) in [4.78, 5) is 0. The van der Waals surface area contributed by atoms with Crippen molar-refractivity contribution in [1.82, 2.24) is 9.78 Å². The highest BCUT2D eigenvalue weighted by atomic mass is 79.9. The zero-order valence-electron chi connectivity index (χ0n) is 10.6. The molecule has 0 radical (unpaired) electrons. The Kier molecular flexibility index (Phi) is 4.47. The van der Waals surface area contributed by atoms with Crippen LogP contribution in [0.3, 0.4) is 0 Å². The lowest BCUT2D eigenvalue weighted by Gasteiger charge is -2.08. The van der Waals surface area contributed by atoms with E-state index in [-0.39, 0.29) is 12.4 Å². The first-order chi connectivity index (χ1) is 9.02. The monoisotopic (exact) mass is 346 g/mol. The van der Waals surface area contributed by atoms with Crippen molar-refractivity contribution in [3.8, 4) is 5.75 Å². The topological polar surface area (TPSA) is 27.1 Å². The zero-order valence-corrected chi connectivity index (χ0v) is 12.9. The van der Waals surface area contributed by atoms with Gasteiger partial charge in [0.2, 0.25) is 0 Å². The van der Waals surface area contributed by atoms with Crippen LogP contribution >= 0.6 is 27.5 Å². The molecular formula is C13H13BrClFN2O. The van der Waals surface area contributed by atoms with Crippen molar-refractivity contribution < 1.29 is 9.13 Å². The second-order valence-corrected chi connectivity index (χ2v) is 5.28. The van der Waals surface area contributed by atoms with Crippen molar-refractivity contribution in [2.24, 2.45) is 7.05 Å². The first-order valence-corrected chi connectivity index (χ1v) is 6.98. The lowest BCUT2D eigenvalue weighted by molar-refractivity contribution is 0.291. The minimum absolute atomic E-state index is 0.240. The van der Waals surface area contributed by atoms with Crippen LogP contribution in [-0.4, -0.2) is 9.78 Å². The first kappa shape index (κ1) is 14.3.